The van der Waals surface area contributed by atoms with E-state index in [0.717, 1.165) is 19.3 Å². The molecule has 1 aliphatic carbocycles. The molecular weight excluding hydrogens is 234 g/mol. The molecule has 1 saturated carbocycles. The van der Waals surface area contributed by atoms with Crippen LogP contribution in [-0.4, -0.2) is 28.8 Å². The summed E-state index contributed by atoms with van der Waals surface area (Å²) in [5.74, 6) is -0.893. The fraction of sp³-hybridized carbons (Fsp3) is 0.846. The fourth-order valence-corrected chi connectivity index (χ4v) is 2.15. The Hall–Kier alpha value is -1.26. The molecule has 5 heteroatoms. The molecular formula is C13H23NO4. The Morgan fingerprint density at radius 1 is 1.39 bits per heavy atom. The van der Waals surface area contributed by atoms with E-state index in [1.807, 2.05) is 6.92 Å². The first-order valence-electron chi connectivity index (χ1n) is 6.40. The summed E-state index contributed by atoms with van der Waals surface area (Å²) in [7, 11) is 0. The summed E-state index contributed by atoms with van der Waals surface area (Å²) in [6.45, 7) is 7.38. The molecule has 0 aromatic rings. The second kappa shape index (κ2) is 5.16. The van der Waals surface area contributed by atoms with Gasteiger partial charge in [-0.3, -0.25) is 4.79 Å². The van der Waals surface area contributed by atoms with Crippen LogP contribution in [0.15, 0.2) is 0 Å². The van der Waals surface area contributed by atoms with Crippen molar-refractivity contribution >= 4 is 12.1 Å². The number of amides is 1. The average molecular weight is 257 g/mol. The van der Waals surface area contributed by atoms with Gasteiger partial charge in [-0.1, -0.05) is 6.92 Å². The number of carbonyl (C=O) groups is 2. The standard InChI is InChI=1S/C13H23NO4/c1-5-13(6-7-13)9(8-10(15)16)14-11(17)18-12(2,3)4/h9H,5-8H2,1-4H3,(H,14,17)(H,15,16). The van der Waals surface area contributed by atoms with Gasteiger partial charge in [0.1, 0.15) is 5.60 Å². The van der Waals surface area contributed by atoms with E-state index in [1.54, 1.807) is 20.8 Å². The number of carboxylic acid groups (broad SMARTS) is 1. The van der Waals surface area contributed by atoms with E-state index >= 15 is 0 Å². The highest BCUT2D eigenvalue weighted by Gasteiger charge is 2.49. The maximum atomic E-state index is 11.7. The largest absolute Gasteiger partial charge is 0.481 e. The summed E-state index contributed by atoms with van der Waals surface area (Å²) >= 11 is 0. The van der Waals surface area contributed by atoms with Crippen LogP contribution in [0.4, 0.5) is 4.79 Å². The summed E-state index contributed by atoms with van der Waals surface area (Å²) in [5, 5.41) is 11.6. The molecule has 5 nitrogen and oxygen atoms in total. The van der Waals surface area contributed by atoms with Crippen LogP contribution in [0.1, 0.15) is 53.4 Å². The Morgan fingerprint density at radius 2 is 1.94 bits per heavy atom. The SMILES string of the molecule is CCC1(C(CC(=O)O)NC(=O)OC(C)(C)C)CC1. The smallest absolute Gasteiger partial charge is 0.407 e. The number of aliphatic carboxylic acids is 1. The van der Waals surface area contributed by atoms with E-state index in [-0.39, 0.29) is 17.9 Å². The van der Waals surface area contributed by atoms with Crippen LogP contribution in [0, 0.1) is 5.41 Å². The van der Waals surface area contributed by atoms with Gasteiger partial charge in [-0.25, -0.2) is 4.79 Å². The van der Waals surface area contributed by atoms with Crippen molar-refractivity contribution in [3.63, 3.8) is 0 Å². The molecule has 104 valence electrons. The number of hydrogen-bond donors (Lipinski definition) is 2. The molecule has 18 heavy (non-hydrogen) atoms. The molecule has 0 aliphatic heterocycles. The van der Waals surface area contributed by atoms with E-state index in [9.17, 15) is 9.59 Å². The maximum Gasteiger partial charge on any atom is 0.407 e. The van der Waals surface area contributed by atoms with Gasteiger partial charge in [0.2, 0.25) is 0 Å². The van der Waals surface area contributed by atoms with E-state index in [0.29, 0.717) is 0 Å². The average Bonchev–Trinajstić information content (AvgIpc) is 2.93. The lowest BCUT2D eigenvalue weighted by Crippen LogP contribution is -2.45. The van der Waals surface area contributed by atoms with Crippen molar-refractivity contribution in [2.75, 3.05) is 0 Å². The second-order valence-electron chi connectivity index (χ2n) is 6.01. The Morgan fingerprint density at radius 3 is 2.28 bits per heavy atom. The molecule has 1 rings (SSSR count). The minimum absolute atomic E-state index is 0.0463. The van der Waals surface area contributed by atoms with E-state index in [4.69, 9.17) is 9.84 Å². The minimum atomic E-state index is -0.893. The number of carboxylic acids is 1. The summed E-state index contributed by atoms with van der Waals surface area (Å²) < 4.78 is 5.17. The van der Waals surface area contributed by atoms with Crippen LogP contribution >= 0.6 is 0 Å². The predicted octanol–water partition coefficient (Wildman–Crippen LogP) is 2.54. The molecule has 0 aromatic carbocycles. The first kappa shape index (κ1) is 14.8. The number of carbonyl (C=O) groups excluding carboxylic acids is 1. The topological polar surface area (TPSA) is 75.6 Å². The molecule has 0 bridgehead atoms. The van der Waals surface area contributed by atoms with Crippen molar-refractivity contribution in [1.29, 1.82) is 0 Å². The third-order valence-corrected chi connectivity index (χ3v) is 3.41. The van der Waals surface area contributed by atoms with E-state index in [2.05, 4.69) is 5.32 Å². The number of rotatable bonds is 5. The molecule has 0 radical (unpaired) electrons. The minimum Gasteiger partial charge on any atom is -0.481 e. The molecule has 2 N–H and O–H groups in total. The lowest BCUT2D eigenvalue weighted by Gasteiger charge is -2.27. The number of nitrogens with one attached hydrogen (secondary N) is 1. The van der Waals surface area contributed by atoms with Gasteiger partial charge >= 0.3 is 12.1 Å². The molecule has 0 spiro atoms. The van der Waals surface area contributed by atoms with Crippen molar-refractivity contribution in [3.8, 4) is 0 Å². The fourth-order valence-electron chi connectivity index (χ4n) is 2.15. The van der Waals surface area contributed by atoms with Gasteiger partial charge in [0, 0.05) is 6.04 Å². The highest BCUT2D eigenvalue weighted by Crippen LogP contribution is 2.52. The van der Waals surface area contributed by atoms with Crippen LogP contribution < -0.4 is 5.32 Å². The summed E-state index contributed by atoms with van der Waals surface area (Å²) in [6.07, 6.45) is 2.23. The van der Waals surface area contributed by atoms with Crippen LogP contribution in [0.2, 0.25) is 0 Å². The van der Waals surface area contributed by atoms with Crippen molar-refractivity contribution < 1.29 is 19.4 Å². The van der Waals surface area contributed by atoms with Crippen molar-refractivity contribution in [3.05, 3.63) is 0 Å². The monoisotopic (exact) mass is 257 g/mol. The Kier molecular flexibility index (Phi) is 4.24. The summed E-state index contributed by atoms with van der Waals surface area (Å²) in [5.41, 5.74) is -0.615. The zero-order valence-corrected chi connectivity index (χ0v) is 11.6. The molecule has 1 amide bonds. The lowest BCUT2D eigenvalue weighted by atomic mass is 9.91. The molecule has 0 aromatic heterocycles. The molecule has 1 unspecified atom stereocenters. The first-order chi connectivity index (χ1) is 8.18. The first-order valence-corrected chi connectivity index (χ1v) is 6.40. The van der Waals surface area contributed by atoms with Crippen LogP contribution in [-0.2, 0) is 9.53 Å². The van der Waals surface area contributed by atoms with Gasteiger partial charge in [-0.15, -0.1) is 0 Å². The van der Waals surface area contributed by atoms with Gasteiger partial charge in [0.15, 0.2) is 0 Å². The Bertz CT molecular complexity index is 328. The van der Waals surface area contributed by atoms with Gasteiger partial charge in [-0.2, -0.15) is 0 Å². The molecule has 1 aliphatic rings. The Balaban J connectivity index is 2.62. The molecule has 1 atom stereocenters. The van der Waals surface area contributed by atoms with Gasteiger partial charge < -0.3 is 15.2 Å². The lowest BCUT2D eigenvalue weighted by molar-refractivity contribution is -0.138. The van der Waals surface area contributed by atoms with E-state index in [1.165, 1.54) is 0 Å². The molecule has 0 heterocycles. The molecule has 0 saturated heterocycles. The van der Waals surface area contributed by atoms with Gasteiger partial charge in [0.25, 0.3) is 0 Å². The highest BCUT2D eigenvalue weighted by atomic mass is 16.6. The zero-order chi connectivity index (χ0) is 14.0. The predicted molar refractivity (Wildman–Crippen MR) is 67.4 cm³/mol. The molecule has 1 fully saturated rings. The van der Waals surface area contributed by atoms with Gasteiger partial charge in [-0.05, 0) is 45.4 Å². The quantitative estimate of drug-likeness (QED) is 0.793. The number of ether oxygens (including phenoxy) is 1. The third-order valence-electron chi connectivity index (χ3n) is 3.41. The van der Waals surface area contributed by atoms with Crippen LogP contribution in [0.25, 0.3) is 0 Å². The summed E-state index contributed by atoms with van der Waals surface area (Å²) in [6, 6.07) is -0.338. The number of hydrogen-bond acceptors (Lipinski definition) is 3. The van der Waals surface area contributed by atoms with Crippen molar-refractivity contribution in [2.24, 2.45) is 5.41 Å². The second-order valence-corrected chi connectivity index (χ2v) is 6.01. The van der Waals surface area contributed by atoms with Crippen LogP contribution in [0.3, 0.4) is 0 Å². The van der Waals surface area contributed by atoms with Crippen molar-refractivity contribution in [1.82, 2.24) is 5.32 Å². The van der Waals surface area contributed by atoms with Crippen LogP contribution in [0.5, 0.6) is 0 Å². The van der Waals surface area contributed by atoms with E-state index < -0.39 is 17.7 Å². The Labute approximate surface area is 108 Å². The summed E-state index contributed by atoms with van der Waals surface area (Å²) in [4.78, 5) is 22.6. The normalized spacial score (nSPS) is 18.9. The zero-order valence-electron chi connectivity index (χ0n) is 11.6. The third kappa shape index (κ3) is 4.20. The van der Waals surface area contributed by atoms with Gasteiger partial charge in [0.05, 0.1) is 6.42 Å². The maximum absolute atomic E-state index is 11.7. The van der Waals surface area contributed by atoms with Crippen molar-refractivity contribution in [2.45, 2.75) is 65.0 Å². The highest BCUT2D eigenvalue weighted by molar-refractivity contribution is 5.72. The number of alkyl carbamates (subject to hydrolysis) is 1.